The van der Waals surface area contributed by atoms with Crippen LogP contribution in [0.3, 0.4) is 0 Å². The molecule has 5 N–H and O–H groups in total. The quantitative estimate of drug-likeness (QED) is 0.410. The third-order valence-corrected chi connectivity index (χ3v) is 5.92. The number of anilines is 2. The molecule has 0 spiro atoms. The molecule has 1 aliphatic heterocycles. The second-order valence-corrected chi connectivity index (χ2v) is 9.40. The molecule has 34 heavy (non-hydrogen) atoms. The average Bonchev–Trinajstić information content (AvgIpc) is 3.22. The number of aromatic nitrogens is 4. The van der Waals surface area contributed by atoms with Gasteiger partial charge < -0.3 is 21.5 Å². The van der Waals surface area contributed by atoms with Crippen molar-refractivity contribution < 1.29 is 14.3 Å². The summed E-state index contributed by atoms with van der Waals surface area (Å²) in [5.41, 5.74) is 10.00. The van der Waals surface area contributed by atoms with E-state index in [4.69, 9.17) is 5.73 Å². The summed E-state index contributed by atoms with van der Waals surface area (Å²) in [6, 6.07) is 1.80. The fourth-order valence-corrected chi connectivity index (χ4v) is 4.42. The number of carbonyl (C=O) groups excluding carboxylic acids is 1. The first-order chi connectivity index (χ1) is 16.1. The van der Waals surface area contributed by atoms with E-state index in [1.807, 2.05) is 6.92 Å². The molecule has 3 aromatic rings. The van der Waals surface area contributed by atoms with Crippen LogP contribution in [0.15, 0.2) is 37.1 Å². The second-order valence-electron chi connectivity index (χ2n) is 9.40. The number of nitrogens with one attached hydrogen (secondary N) is 2. The van der Waals surface area contributed by atoms with Crippen LogP contribution < -0.4 is 16.4 Å². The van der Waals surface area contributed by atoms with Gasteiger partial charge in [-0.05, 0) is 44.4 Å². The Balaban J connectivity index is 1.78. The molecule has 1 amide bonds. The lowest BCUT2D eigenvalue weighted by Gasteiger charge is -2.30. The van der Waals surface area contributed by atoms with Crippen molar-refractivity contribution in [3.8, 4) is 11.1 Å². The number of rotatable bonds is 6. The normalized spacial score (nSPS) is 18.6. The topological polar surface area (TPSA) is 131 Å². The molecule has 2 atom stereocenters. The molecule has 0 radical (unpaired) electrons. The molecule has 180 valence electrons. The lowest BCUT2D eigenvalue weighted by atomic mass is 9.84. The monoisotopic (exact) mass is 467 g/mol. The largest absolute Gasteiger partial charge is 0.398 e. The van der Waals surface area contributed by atoms with Gasteiger partial charge in [-0.1, -0.05) is 0 Å². The van der Waals surface area contributed by atoms with E-state index in [0.717, 1.165) is 16.7 Å². The van der Waals surface area contributed by atoms with Crippen LogP contribution in [0.4, 0.5) is 15.8 Å². The van der Waals surface area contributed by atoms with Crippen LogP contribution in [0.2, 0.25) is 0 Å². The number of halogens is 1. The number of aliphatic hydroxyl groups is 1. The summed E-state index contributed by atoms with van der Waals surface area (Å²) in [5.74, 6) is -0.553. The highest BCUT2D eigenvalue weighted by atomic mass is 19.1. The molecular formula is C24H30FN7O2. The van der Waals surface area contributed by atoms with E-state index in [9.17, 15) is 14.3 Å². The number of nitrogens with two attached hydrogens (primary N) is 1. The molecule has 0 bridgehead atoms. The fraction of sp³-hybridized carbons (Fsp3) is 0.417. The molecule has 1 fully saturated rings. The summed E-state index contributed by atoms with van der Waals surface area (Å²) < 4.78 is 15.9. The zero-order valence-electron chi connectivity index (χ0n) is 19.5. The first-order valence-electron chi connectivity index (χ1n) is 11.2. The van der Waals surface area contributed by atoms with Gasteiger partial charge in [0.2, 0.25) is 0 Å². The van der Waals surface area contributed by atoms with Crippen LogP contribution in [0.1, 0.15) is 47.8 Å². The molecule has 3 heterocycles. The predicted molar refractivity (Wildman–Crippen MR) is 128 cm³/mol. The minimum absolute atomic E-state index is 0.151. The number of alkyl halides is 1. The van der Waals surface area contributed by atoms with Gasteiger partial charge in [0.05, 0.1) is 24.5 Å². The Labute approximate surface area is 197 Å². The Kier molecular flexibility index (Phi) is 6.63. The van der Waals surface area contributed by atoms with Crippen LogP contribution in [-0.4, -0.2) is 55.6 Å². The smallest absolute Gasteiger partial charge is 0.275 e. The highest BCUT2D eigenvalue weighted by molar-refractivity contribution is 6.04. The van der Waals surface area contributed by atoms with Crippen molar-refractivity contribution in [1.82, 2.24) is 25.1 Å². The van der Waals surface area contributed by atoms with Crippen molar-refractivity contribution in [3.63, 3.8) is 0 Å². The minimum Gasteiger partial charge on any atom is -0.398 e. The fourth-order valence-electron chi connectivity index (χ4n) is 4.42. The Morgan fingerprint density at radius 1 is 1.35 bits per heavy atom. The summed E-state index contributed by atoms with van der Waals surface area (Å²) in [5, 5.41) is 20.6. The van der Waals surface area contributed by atoms with Gasteiger partial charge >= 0.3 is 0 Å². The summed E-state index contributed by atoms with van der Waals surface area (Å²) in [6.07, 6.45) is 7.17. The van der Waals surface area contributed by atoms with Crippen molar-refractivity contribution >= 4 is 17.3 Å². The van der Waals surface area contributed by atoms with Crippen LogP contribution in [0.5, 0.6) is 0 Å². The van der Waals surface area contributed by atoms with E-state index in [1.165, 1.54) is 18.6 Å². The first-order valence-corrected chi connectivity index (χ1v) is 11.2. The molecule has 9 nitrogen and oxygen atoms in total. The number of hydrogen-bond donors (Lipinski definition) is 4. The minimum atomic E-state index is -0.978. The Morgan fingerprint density at radius 2 is 2.15 bits per heavy atom. The number of amides is 1. The molecule has 4 rings (SSSR count). The van der Waals surface area contributed by atoms with Gasteiger partial charge in [0, 0.05) is 60.1 Å². The lowest BCUT2D eigenvalue weighted by Crippen LogP contribution is -2.36. The van der Waals surface area contributed by atoms with Gasteiger partial charge in [-0.25, -0.2) is 9.37 Å². The molecule has 1 saturated heterocycles. The zero-order chi connectivity index (χ0) is 24.5. The highest BCUT2D eigenvalue weighted by Gasteiger charge is 2.28. The second kappa shape index (κ2) is 9.47. The highest BCUT2D eigenvalue weighted by Crippen LogP contribution is 2.41. The van der Waals surface area contributed by atoms with E-state index >= 15 is 0 Å². The van der Waals surface area contributed by atoms with Gasteiger partial charge in [-0.15, -0.1) is 0 Å². The molecule has 0 unspecified atom stereocenters. The number of nitrogen functional groups attached to an aromatic ring is 1. The lowest BCUT2D eigenvalue weighted by molar-refractivity contribution is 0.0577. The molecule has 0 saturated carbocycles. The summed E-state index contributed by atoms with van der Waals surface area (Å²) in [4.78, 5) is 20.9. The van der Waals surface area contributed by atoms with Crippen molar-refractivity contribution in [2.75, 3.05) is 24.1 Å². The van der Waals surface area contributed by atoms with E-state index in [1.54, 1.807) is 37.0 Å². The van der Waals surface area contributed by atoms with E-state index < -0.39 is 17.7 Å². The Hall–Kier alpha value is -3.37. The SMILES string of the molecule is Cc1c(NC(=O)c2cnccn2)cc(-c2cnn(CC(C)(C)O)c2)c(N)c1[C@H]1CNC[C@@H](F)C1. The standard InChI is InChI=1S/C24H30FN7O2/c1-14-19(31-23(33)20-11-27-4-5-29-20)7-18(16-9-30-32(12-16)13-24(2,3)34)22(26)21(14)15-6-17(25)10-28-8-15/h4-5,7,9,11-12,15,17,28,34H,6,8,10,13,26H2,1-3H3,(H,31,33)/t15-,17+/m1/s1. The first kappa shape index (κ1) is 23.8. The molecule has 10 heteroatoms. The molecule has 2 aromatic heterocycles. The summed E-state index contributed by atoms with van der Waals surface area (Å²) >= 11 is 0. The number of hydrogen-bond acceptors (Lipinski definition) is 7. The van der Waals surface area contributed by atoms with E-state index in [0.29, 0.717) is 43.0 Å². The van der Waals surface area contributed by atoms with Crippen LogP contribution in [0.25, 0.3) is 11.1 Å². The van der Waals surface area contributed by atoms with Gasteiger partial charge in [-0.3, -0.25) is 14.5 Å². The third-order valence-electron chi connectivity index (χ3n) is 5.92. The Morgan fingerprint density at radius 3 is 2.82 bits per heavy atom. The molecular weight excluding hydrogens is 437 g/mol. The van der Waals surface area contributed by atoms with Crippen LogP contribution >= 0.6 is 0 Å². The predicted octanol–water partition coefficient (Wildman–Crippen LogP) is 2.67. The van der Waals surface area contributed by atoms with Gasteiger partial charge in [-0.2, -0.15) is 5.10 Å². The molecule has 1 aliphatic rings. The maximum Gasteiger partial charge on any atom is 0.275 e. The maximum absolute atomic E-state index is 14.3. The molecule has 1 aromatic carbocycles. The number of nitrogens with zero attached hydrogens (tertiary/aromatic N) is 4. The number of piperidine rings is 1. The van der Waals surface area contributed by atoms with E-state index in [2.05, 4.69) is 25.7 Å². The van der Waals surface area contributed by atoms with E-state index in [-0.39, 0.29) is 11.6 Å². The van der Waals surface area contributed by atoms with Gasteiger partial charge in [0.1, 0.15) is 11.9 Å². The van der Waals surface area contributed by atoms with Gasteiger partial charge in [0.25, 0.3) is 5.91 Å². The van der Waals surface area contributed by atoms with Crippen LogP contribution in [-0.2, 0) is 6.54 Å². The molecule has 0 aliphatic carbocycles. The zero-order valence-corrected chi connectivity index (χ0v) is 19.5. The maximum atomic E-state index is 14.3. The van der Waals surface area contributed by atoms with Crippen molar-refractivity contribution in [2.24, 2.45) is 0 Å². The van der Waals surface area contributed by atoms with Crippen LogP contribution in [0, 0.1) is 6.92 Å². The van der Waals surface area contributed by atoms with Gasteiger partial charge in [0.15, 0.2) is 0 Å². The summed E-state index contributed by atoms with van der Waals surface area (Å²) in [7, 11) is 0. The van der Waals surface area contributed by atoms with Crippen molar-refractivity contribution in [1.29, 1.82) is 0 Å². The van der Waals surface area contributed by atoms with Crippen molar-refractivity contribution in [2.45, 2.75) is 51.4 Å². The number of carbonyl (C=O) groups is 1. The number of benzene rings is 1. The van der Waals surface area contributed by atoms with Crippen molar-refractivity contribution in [3.05, 3.63) is 53.9 Å². The summed E-state index contributed by atoms with van der Waals surface area (Å²) in [6.45, 7) is 6.49. The average molecular weight is 468 g/mol. The third kappa shape index (κ3) is 5.23. The Bertz CT molecular complexity index is 1170.